The van der Waals surface area contributed by atoms with Crippen LogP contribution in [0.4, 0.5) is 5.69 Å². The minimum Gasteiger partial charge on any atom is -0.258 e. The first-order valence-electron chi connectivity index (χ1n) is 5.43. The number of non-ortho nitro benzene ring substituents is 1. The number of nitrogens with zero attached hydrogens (tertiary/aromatic N) is 3. The van der Waals surface area contributed by atoms with Gasteiger partial charge in [-0.25, -0.2) is 4.68 Å². The van der Waals surface area contributed by atoms with E-state index in [0.717, 1.165) is 16.6 Å². The molecule has 0 atom stereocenters. The third-order valence-corrected chi connectivity index (χ3v) is 2.77. The van der Waals surface area contributed by atoms with Crippen molar-refractivity contribution in [3.05, 3.63) is 64.8 Å². The van der Waals surface area contributed by atoms with Gasteiger partial charge in [0, 0.05) is 17.5 Å². The van der Waals surface area contributed by atoms with Crippen LogP contribution in [-0.4, -0.2) is 14.7 Å². The molecule has 0 unspecified atom stereocenters. The van der Waals surface area contributed by atoms with Crippen molar-refractivity contribution in [1.82, 2.24) is 9.78 Å². The summed E-state index contributed by atoms with van der Waals surface area (Å²) < 4.78 is 1.70. The molecular weight excluding hydrogens is 230 g/mol. The molecule has 1 heterocycles. The molecule has 1 aromatic heterocycles. The van der Waals surface area contributed by atoms with Crippen molar-refractivity contribution in [2.24, 2.45) is 0 Å². The number of benzene rings is 2. The van der Waals surface area contributed by atoms with Gasteiger partial charge in [-0.2, -0.15) is 5.10 Å². The molecule has 88 valence electrons. The molecule has 0 saturated heterocycles. The first-order valence-corrected chi connectivity index (χ1v) is 5.43. The van der Waals surface area contributed by atoms with E-state index in [9.17, 15) is 10.1 Å². The molecule has 0 saturated carbocycles. The van der Waals surface area contributed by atoms with Crippen LogP contribution in [0.25, 0.3) is 16.6 Å². The lowest BCUT2D eigenvalue weighted by Crippen LogP contribution is -1.96. The topological polar surface area (TPSA) is 61.0 Å². The predicted octanol–water partition coefficient (Wildman–Crippen LogP) is 2.93. The van der Waals surface area contributed by atoms with E-state index in [2.05, 4.69) is 5.10 Å². The predicted molar refractivity (Wildman–Crippen MR) is 67.7 cm³/mol. The number of nitro benzene ring substituents is 1. The number of nitro groups is 1. The van der Waals surface area contributed by atoms with Crippen molar-refractivity contribution >= 4 is 16.6 Å². The third kappa shape index (κ3) is 1.62. The fourth-order valence-electron chi connectivity index (χ4n) is 1.90. The largest absolute Gasteiger partial charge is 0.271 e. The van der Waals surface area contributed by atoms with Gasteiger partial charge in [0.15, 0.2) is 0 Å². The van der Waals surface area contributed by atoms with Crippen molar-refractivity contribution in [2.45, 2.75) is 0 Å². The fourth-order valence-corrected chi connectivity index (χ4v) is 1.90. The second kappa shape index (κ2) is 3.96. The monoisotopic (exact) mass is 239 g/mol. The summed E-state index contributed by atoms with van der Waals surface area (Å²) in [5.74, 6) is 0. The Labute approximate surface area is 102 Å². The molecule has 2 aromatic carbocycles. The molecule has 0 fully saturated rings. The van der Waals surface area contributed by atoms with Crippen LogP contribution < -0.4 is 0 Å². The Kier molecular flexibility index (Phi) is 2.30. The molecule has 0 spiro atoms. The quantitative estimate of drug-likeness (QED) is 0.510. The molecule has 0 aliphatic rings. The molecule has 18 heavy (non-hydrogen) atoms. The summed E-state index contributed by atoms with van der Waals surface area (Å²) in [7, 11) is 0. The van der Waals surface area contributed by atoms with Crippen molar-refractivity contribution in [3.8, 4) is 5.69 Å². The van der Waals surface area contributed by atoms with Gasteiger partial charge in [-0.1, -0.05) is 18.2 Å². The van der Waals surface area contributed by atoms with Gasteiger partial charge >= 0.3 is 0 Å². The Bertz CT molecular complexity index is 719. The third-order valence-electron chi connectivity index (χ3n) is 2.77. The molecule has 0 bridgehead atoms. The summed E-state index contributed by atoms with van der Waals surface area (Å²) >= 11 is 0. The molecule has 3 rings (SSSR count). The van der Waals surface area contributed by atoms with Crippen LogP contribution >= 0.6 is 0 Å². The number of rotatable bonds is 2. The van der Waals surface area contributed by atoms with Crippen LogP contribution in [0, 0.1) is 10.1 Å². The van der Waals surface area contributed by atoms with Gasteiger partial charge in [0.2, 0.25) is 0 Å². The molecule has 0 amide bonds. The lowest BCUT2D eigenvalue weighted by molar-refractivity contribution is -0.384. The van der Waals surface area contributed by atoms with Crippen LogP contribution in [0.1, 0.15) is 0 Å². The second-order valence-electron chi connectivity index (χ2n) is 3.89. The smallest absolute Gasteiger partial charge is 0.258 e. The molecule has 0 radical (unpaired) electrons. The maximum Gasteiger partial charge on any atom is 0.271 e. The summed E-state index contributed by atoms with van der Waals surface area (Å²) in [5, 5.41) is 15.9. The standard InChI is InChI=1S/C13H9N3O2/c17-16(18)12-7-6-10-9-14-15(13(10)8-12)11-4-2-1-3-5-11/h1-9H. The maximum absolute atomic E-state index is 10.8. The average molecular weight is 239 g/mol. The van der Waals surface area contributed by atoms with Crippen molar-refractivity contribution in [1.29, 1.82) is 0 Å². The minimum atomic E-state index is -0.401. The van der Waals surface area contributed by atoms with Crippen LogP contribution in [0.3, 0.4) is 0 Å². The van der Waals surface area contributed by atoms with Gasteiger partial charge in [0.05, 0.1) is 22.3 Å². The van der Waals surface area contributed by atoms with E-state index in [1.165, 1.54) is 12.1 Å². The number of para-hydroxylation sites is 1. The van der Waals surface area contributed by atoms with Crippen LogP contribution in [0.2, 0.25) is 0 Å². The maximum atomic E-state index is 10.8. The molecule has 3 aromatic rings. The van der Waals surface area contributed by atoms with E-state index in [0.29, 0.717) is 0 Å². The number of aromatic nitrogens is 2. The Hall–Kier alpha value is -2.69. The second-order valence-corrected chi connectivity index (χ2v) is 3.89. The van der Waals surface area contributed by atoms with Crippen molar-refractivity contribution in [2.75, 3.05) is 0 Å². The van der Waals surface area contributed by atoms with Gasteiger partial charge in [-0.15, -0.1) is 0 Å². The summed E-state index contributed by atoms with van der Waals surface area (Å²) in [4.78, 5) is 10.4. The van der Waals surface area contributed by atoms with E-state index < -0.39 is 4.92 Å². The van der Waals surface area contributed by atoms with E-state index >= 15 is 0 Å². The zero-order valence-corrected chi connectivity index (χ0v) is 9.35. The zero-order chi connectivity index (χ0) is 12.5. The van der Waals surface area contributed by atoms with E-state index in [1.807, 2.05) is 30.3 Å². The molecule has 5 nitrogen and oxygen atoms in total. The highest BCUT2D eigenvalue weighted by Crippen LogP contribution is 2.22. The Morgan fingerprint density at radius 3 is 2.61 bits per heavy atom. The Balaban J connectivity index is 2.24. The van der Waals surface area contributed by atoms with E-state index in [1.54, 1.807) is 16.9 Å². The highest BCUT2D eigenvalue weighted by atomic mass is 16.6. The van der Waals surface area contributed by atoms with Gasteiger partial charge in [-0.05, 0) is 18.2 Å². The highest BCUT2D eigenvalue weighted by Gasteiger charge is 2.10. The fraction of sp³-hybridized carbons (Fsp3) is 0. The molecule has 0 aliphatic carbocycles. The molecule has 0 N–H and O–H groups in total. The number of hydrogen-bond acceptors (Lipinski definition) is 3. The minimum absolute atomic E-state index is 0.0696. The van der Waals surface area contributed by atoms with E-state index in [-0.39, 0.29) is 5.69 Å². The molecule has 5 heteroatoms. The number of hydrogen-bond donors (Lipinski definition) is 0. The van der Waals surface area contributed by atoms with Crippen molar-refractivity contribution in [3.63, 3.8) is 0 Å². The summed E-state index contributed by atoms with van der Waals surface area (Å²) in [5.41, 5.74) is 1.68. The van der Waals surface area contributed by atoms with Gasteiger partial charge in [0.1, 0.15) is 0 Å². The van der Waals surface area contributed by atoms with E-state index in [4.69, 9.17) is 0 Å². The Morgan fingerprint density at radius 1 is 1.11 bits per heavy atom. The van der Waals surface area contributed by atoms with Gasteiger partial charge in [-0.3, -0.25) is 10.1 Å². The van der Waals surface area contributed by atoms with Crippen molar-refractivity contribution < 1.29 is 4.92 Å². The van der Waals surface area contributed by atoms with Gasteiger partial charge in [0.25, 0.3) is 5.69 Å². The van der Waals surface area contributed by atoms with Crippen LogP contribution in [0.15, 0.2) is 54.7 Å². The van der Waals surface area contributed by atoms with Crippen LogP contribution in [-0.2, 0) is 0 Å². The zero-order valence-electron chi connectivity index (χ0n) is 9.35. The summed E-state index contributed by atoms with van der Waals surface area (Å²) in [6, 6.07) is 14.3. The normalized spacial score (nSPS) is 10.7. The lowest BCUT2D eigenvalue weighted by atomic mass is 10.2. The molecular formula is C13H9N3O2. The summed E-state index contributed by atoms with van der Waals surface area (Å²) in [6.45, 7) is 0. The van der Waals surface area contributed by atoms with Crippen LogP contribution in [0.5, 0.6) is 0 Å². The first-order chi connectivity index (χ1) is 8.75. The van der Waals surface area contributed by atoms with Gasteiger partial charge < -0.3 is 0 Å². The molecule has 0 aliphatic heterocycles. The summed E-state index contributed by atoms with van der Waals surface area (Å²) in [6.07, 6.45) is 1.70. The first kappa shape index (κ1) is 10.5. The average Bonchev–Trinajstić information content (AvgIpc) is 2.82. The Morgan fingerprint density at radius 2 is 1.89 bits per heavy atom. The highest BCUT2D eigenvalue weighted by molar-refractivity contribution is 5.82. The lowest BCUT2D eigenvalue weighted by Gasteiger charge is -2.02. The number of fused-ring (bicyclic) bond motifs is 1. The SMILES string of the molecule is O=[N+]([O-])c1ccc2cnn(-c3ccccc3)c2c1.